The quantitative estimate of drug-likeness (QED) is 0.721. The van der Waals surface area contributed by atoms with E-state index in [0.717, 1.165) is 17.2 Å². The molecule has 0 bridgehead atoms. The van der Waals surface area contributed by atoms with Gasteiger partial charge in [0.2, 0.25) is 0 Å². The lowest BCUT2D eigenvalue weighted by Gasteiger charge is -2.05. The maximum Gasteiger partial charge on any atom is 0.159 e. The first-order valence-corrected chi connectivity index (χ1v) is 5.07. The monoisotopic (exact) mass is 215 g/mol. The third kappa shape index (κ3) is 1.74. The molecule has 0 aromatic carbocycles. The van der Waals surface area contributed by atoms with Gasteiger partial charge in [0.1, 0.15) is 12.1 Å². The van der Waals surface area contributed by atoms with Crippen LogP contribution in [-0.4, -0.2) is 20.3 Å². The van der Waals surface area contributed by atoms with Crippen LogP contribution in [0.25, 0.3) is 5.82 Å². The Morgan fingerprint density at radius 2 is 2.06 bits per heavy atom. The molecule has 0 aliphatic heterocycles. The highest BCUT2D eigenvalue weighted by Gasteiger charge is 2.07. The average molecular weight is 215 g/mol. The smallest absolute Gasteiger partial charge is 0.159 e. The summed E-state index contributed by atoms with van der Waals surface area (Å²) in [5.74, 6) is 0.768. The number of hydrogen-bond acceptors (Lipinski definition) is 3. The van der Waals surface area contributed by atoms with Crippen LogP contribution in [0.5, 0.6) is 0 Å². The minimum Gasteiger partial charge on any atom is -0.295 e. The highest BCUT2D eigenvalue weighted by molar-refractivity contribution is 5.94. The minimum atomic E-state index is 0.0399. The number of rotatable bonds is 2. The van der Waals surface area contributed by atoms with Crippen LogP contribution in [0.1, 0.15) is 28.7 Å². The topological polar surface area (TPSA) is 47.8 Å². The Bertz CT molecular complexity index is 543. The van der Waals surface area contributed by atoms with Gasteiger partial charge in [-0.25, -0.2) is 9.97 Å². The molecule has 0 fully saturated rings. The SMILES string of the molecule is CC(=O)c1ccnc(-n2cnc(C)c2C)c1. The zero-order valence-electron chi connectivity index (χ0n) is 9.56. The van der Waals surface area contributed by atoms with E-state index in [-0.39, 0.29) is 5.78 Å². The Morgan fingerprint density at radius 1 is 1.31 bits per heavy atom. The van der Waals surface area contributed by atoms with E-state index in [1.165, 1.54) is 0 Å². The largest absolute Gasteiger partial charge is 0.295 e. The Morgan fingerprint density at radius 3 is 2.62 bits per heavy atom. The fourth-order valence-corrected chi connectivity index (χ4v) is 1.50. The van der Waals surface area contributed by atoms with Crippen LogP contribution in [-0.2, 0) is 0 Å². The van der Waals surface area contributed by atoms with Crippen molar-refractivity contribution in [1.29, 1.82) is 0 Å². The van der Waals surface area contributed by atoms with Crippen LogP contribution in [0.2, 0.25) is 0 Å². The van der Waals surface area contributed by atoms with Crippen molar-refractivity contribution in [3.05, 3.63) is 41.6 Å². The molecule has 0 N–H and O–H groups in total. The third-order valence-electron chi connectivity index (χ3n) is 2.65. The van der Waals surface area contributed by atoms with Gasteiger partial charge in [-0.2, -0.15) is 0 Å². The summed E-state index contributed by atoms with van der Waals surface area (Å²) in [4.78, 5) is 19.7. The predicted molar refractivity (Wildman–Crippen MR) is 60.8 cm³/mol. The van der Waals surface area contributed by atoms with Gasteiger partial charge in [-0.1, -0.05) is 0 Å². The molecular formula is C12H13N3O. The molecule has 0 radical (unpaired) electrons. The molecule has 82 valence electrons. The molecule has 4 nitrogen and oxygen atoms in total. The van der Waals surface area contributed by atoms with Crippen molar-refractivity contribution in [2.24, 2.45) is 0 Å². The molecule has 2 rings (SSSR count). The lowest BCUT2D eigenvalue weighted by atomic mass is 10.2. The van der Waals surface area contributed by atoms with Gasteiger partial charge in [-0.05, 0) is 32.9 Å². The number of carbonyl (C=O) groups is 1. The lowest BCUT2D eigenvalue weighted by molar-refractivity contribution is 0.101. The number of aromatic nitrogens is 3. The second kappa shape index (κ2) is 3.89. The number of Topliss-reactive ketones (excluding diaryl/α,β-unsaturated/α-hetero) is 1. The second-order valence-electron chi connectivity index (χ2n) is 3.74. The Kier molecular flexibility index (Phi) is 2.56. The van der Waals surface area contributed by atoms with Crippen molar-refractivity contribution >= 4 is 5.78 Å². The Labute approximate surface area is 94.0 Å². The first kappa shape index (κ1) is 10.5. The molecule has 2 aromatic heterocycles. The van der Waals surface area contributed by atoms with E-state index in [1.807, 2.05) is 18.4 Å². The van der Waals surface area contributed by atoms with Gasteiger partial charge in [0.05, 0.1) is 5.69 Å². The number of hydrogen-bond donors (Lipinski definition) is 0. The number of carbonyl (C=O) groups excluding carboxylic acids is 1. The van der Waals surface area contributed by atoms with E-state index in [0.29, 0.717) is 5.56 Å². The third-order valence-corrected chi connectivity index (χ3v) is 2.65. The average Bonchev–Trinajstić information content (AvgIpc) is 2.60. The van der Waals surface area contributed by atoms with Crippen molar-refractivity contribution in [1.82, 2.24) is 14.5 Å². The van der Waals surface area contributed by atoms with Crippen molar-refractivity contribution in [3.8, 4) is 5.82 Å². The van der Waals surface area contributed by atoms with Crippen molar-refractivity contribution in [3.63, 3.8) is 0 Å². The summed E-state index contributed by atoms with van der Waals surface area (Å²) in [6, 6.07) is 3.49. The first-order chi connectivity index (χ1) is 7.59. The predicted octanol–water partition coefficient (Wildman–Crippen LogP) is 2.09. The van der Waals surface area contributed by atoms with Crippen molar-refractivity contribution in [2.75, 3.05) is 0 Å². The van der Waals surface area contributed by atoms with E-state index >= 15 is 0 Å². The van der Waals surface area contributed by atoms with Gasteiger partial charge >= 0.3 is 0 Å². The summed E-state index contributed by atoms with van der Waals surface area (Å²) in [5.41, 5.74) is 2.67. The van der Waals surface area contributed by atoms with Crippen LogP contribution < -0.4 is 0 Å². The molecular weight excluding hydrogens is 202 g/mol. The number of ketones is 1. The van der Waals surface area contributed by atoms with Crippen LogP contribution in [0, 0.1) is 13.8 Å². The molecule has 4 heteroatoms. The molecule has 0 saturated heterocycles. The molecule has 2 aromatic rings. The van der Waals surface area contributed by atoms with Gasteiger partial charge in [-0.15, -0.1) is 0 Å². The molecule has 0 unspecified atom stereocenters. The number of aryl methyl sites for hydroxylation is 1. The van der Waals surface area contributed by atoms with Gasteiger partial charge in [0.25, 0.3) is 0 Å². The molecule has 0 aliphatic rings. The lowest BCUT2D eigenvalue weighted by Crippen LogP contribution is -2.01. The van der Waals surface area contributed by atoms with E-state index in [2.05, 4.69) is 9.97 Å². The summed E-state index contributed by atoms with van der Waals surface area (Å²) in [6.07, 6.45) is 3.36. The van der Waals surface area contributed by atoms with Gasteiger partial charge in [-0.3, -0.25) is 9.36 Å². The molecule has 2 heterocycles. The molecule has 0 atom stereocenters. The van der Waals surface area contributed by atoms with Gasteiger partial charge in [0, 0.05) is 17.5 Å². The van der Waals surface area contributed by atoms with E-state index in [9.17, 15) is 4.79 Å². The van der Waals surface area contributed by atoms with Crippen LogP contribution in [0.15, 0.2) is 24.7 Å². The fourth-order valence-electron chi connectivity index (χ4n) is 1.50. The minimum absolute atomic E-state index is 0.0399. The Balaban J connectivity index is 2.52. The summed E-state index contributed by atoms with van der Waals surface area (Å²) in [6.45, 7) is 5.47. The van der Waals surface area contributed by atoms with Crippen molar-refractivity contribution in [2.45, 2.75) is 20.8 Å². The van der Waals surface area contributed by atoms with E-state index < -0.39 is 0 Å². The molecule has 0 saturated carbocycles. The standard InChI is InChI=1S/C12H13N3O/c1-8-9(2)15(7-14-8)12-6-11(10(3)16)4-5-13-12/h4-7H,1-3H3. The molecule has 0 spiro atoms. The maximum atomic E-state index is 11.3. The summed E-state index contributed by atoms with van der Waals surface area (Å²) in [5, 5.41) is 0. The van der Waals surface area contributed by atoms with Gasteiger partial charge < -0.3 is 0 Å². The highest BCUT2D eigenvalue weighted by atomic mass is 16.1. The van der Waals surface area contributed by atoms with E-state index in [4.69, 9.17) is 0 Å². The Hall–Kier alpha value is -1.97. The summed E-state index contributed by atoms with van der Waals surface area (Å²) in [7, 11) is 0. The number of imidazole rings is 1. The van der Waals surface area contributed by atoms with Crippen LogP contribution in [0.3, 0.4) is 0 Å². The van der Waals surface area contributed by atoms with Crippen LogP contribution in [0.4, 0.5) is 0 Å². The zero-order valence-corrected chi connectivity index (χ0v) is 9.56. The zero-order chi connectivity index (χ0) is 11.7. The first-order valence-electron chi connectivity index (χ1n) is 5.07. The summed E-state index contributed by atoms with van der Waals surface area (Å²) < 4.78 is 1.88. The normalized spacial score (nSPS) is 10.4. The number of nitrogens with zero attached hydrogens (tertiary/aromatic N) is 3. The highest BCUT2D eigenvalue weighted by Crippen LogP contribution is 2.12. The second-order valence-corrected chi connectivity index (χ2v) is 3.74. The summed E-state index contributed by atoms with van der Waals surface area (Å²) >= 11 is 0. The number of pyridine rings is 1. The van der Waals surface area contributed by atoms with Crippen molar-refractivity contribution < 1.29 is 4.79 Å². The van der Waals surface area contributed by atoms with Gasteiger partial charge in [0.15, 0.2) is 5.78 Å². The molecule has 0 amide bonds. The molecule has 16 heavy (non-hydrogen) atoms. The maximum absolute atomic E-state index is 11.3. The fraction of sp³-hybridized carbons (Fsp3) is 0.250. The van der Waals surface area contributed by atoms with Crippen LogP contribution >= 0.6 is 0 Å². The van der Waals surface area contributed by atoms with E-state index in [1.54, 1.807) is 31.6 Å². The molecule has 0 aliphatic carbocycles.